The van der Waals surface area contributed by atoms with Gasteiger partial charge in [0.15, 0.2) is 0 Å². The van der Waals surface area contributed by atoms with Crippen LogP contribution in [0.3, 0.4) is 0 Å². The Labute approximate surface area is 193 Å². The summed E-state index contributed by atoms with van der Waals surface area (Å²) in [6.45, 7) is 6.41. The summed E-state index contributed by atoms with van der Waals surface area (Å²) in [4.78, 5) is 29.6. The Kier molecular flexibility index (Phi) is 5.36. The monoisotopic (exact) mass is 449 g/mol. The second-order valence-corrected chi connectivity index (χ2v) is 10.6. The highest BCUT2D eigenvalue weighted by Gasteiger charge is 2.49. The van der Waals surface area contributed by atoms with Crippen LogP contribution in [0.1, 0.15) is 67.1 Å². The van der Waals surface area contributed by atoms with E-state index in [1.165, 1.54) is 12.8 Å². The zero-order chi connectivity index (χ0) is 22.5. The molecule has 1 fully saturated rings. The van der Waals surface area contributed by atoms with Gasteiger partial charge in [-0.1, -0.05) is 37.8 Å². The standard InChI is InChI=1S/C26H31N3O2S/c1-17-10-11-18(2)21(14-17)29-24(30)22-15-23-20(12-13-32-23)28(22)16-26(29,3)25(31)27-19-8-6-4-5-7-9-19/h10-15,19H,4-9,16H2,1-3H3,(H,27,31). The molecule has 5 rings (SSSR count). The number of anilines is 1. The third-order valence-electron chi connectivity index (χ3n) is 7.19. The van der Waals surface area contributed by atoms with E-state index in [1.54, 1.807) is 16.2 Å². The molecule has 3 aromatic rings. The predicted octanol–water partition coefficient (Wildman–Crippen LogP) is 5.58. The Bertz CT molecular complexity index is 1190. The highest BCUT2D eigenvalue weighted by Crippen LogP contribution is 2.38. The van der Waals surface area contributed by atoms with Gasteiger partial charge in [0, 0.05) is 11.7 Å². The number of rotatable bonds is 3. The van der Waals surface area contributed by atoms with Crippen molar-refractivity contribution in [1.29, 1.82) is 0 Å². The Hall–Kier alpha value is -2.60. The molecule has 0 saturated heterocycles. The van der Waals surface area contributed by atoms with Gasteiger partial charge in [0.25, 0.3) is 5.91 Å². The number of nitrogens with one attached hydrogen (secondary N) is 1. The molecule has 5 nitrogen and oxygen atoms in total. The number of benzene rings is 1. The van der Waals surface area contributed by atoms with Crippen LogP contribution in [0, 0.1) is 13.8 Å². The van der Waals surface area contributed by atoms with Gasteiger partial charge in [0.2, 0.25) is 5.91 Å². The molecular weight excluding hydrogens is 418 g/mol. The highest BCUT2D eigenvalue weighted by molar-refractivity contribution is 7.17. The topological polar surface area (TPSA) is 54.3 Å². The molecule has 2 amide bonds. The molecule has 2 aliphatic rings. The van der Waals surface area contributed by atoms with E-state index in [9.17, 15) is 9.59 Å². The van der Waals surface area contributed by atoms with Crippen molar-refractivity contribution >= 4 is 39.1 Å². The van der Waals surface area contributed by atoms with Gasteiger partial charge in [0.1, 0.15) is 11.2 Å². The fourth-order valence-corrected chi connectivity index (χ4v) is 6.14. The number of hydrogen-bond acceptors (Lipinski definition) is 3. The van der Waals surface area contributed by atoms with Crippen LogP contribution in [0.15, 0.2) is 35.7 Å². The van der Waals surface area contributed by atoms with Crippen molar-refractivity contribution < 1.29 is 9.59 Å². The van der Waals surface area contributed by atoms with Crippen LogP contribution in [0.4, 0.5) is 5.69 Å². The van der Waals surface area contributed by atoms with E-state index in [0.29, 0.717) is 12.2 Å². The van der Waals surface area contributed by atoms with E-state index in [0.717, 1.165) is 52.7 Å². The van der Waals surface area contributed by atoms with Gasteiger partial charge < -0.3 is 9.88 Å². The Morgan fingerprint density at radius 2 is 1.84 bits per heavy atom. The molecule has 1 atom stereocenters. The first-order chi connectivity index (χ1) is 15.4. The number of carbonyl (C=O) groups excluding carboxylic acids is 2. The van der Waals surface area contributed by atoms with Crippen LogP contribution in [0.5, 0.6) is 0 Å². The van der Waals surface area contributed by atoms with Crippen molar-refractivity contribution in [2.24, 2.45) is 0 Å². The first kappa shape index (κ1) is 21.3. The van der Waals surface area contributed by atoms with Crippen molar-refractivity contribution in [3.05, 3.63) is 52.5 Å². The summed E-state index contributed by atoms with van der Waals surface area (Å²) in [5, 5.41) is 5.39. The van der Waals surface area contributed by atoms with E-state index in [-0.39, 0.29) is 17.9 Å². The average molecular weight is 450 g/mol. The number of hydrogen-bond donors (Lipinski definition) is 1. The zero-order valence-electron chi connectivity index (χ0n) is 19.1. The molecule has 6 heteroatoms. The van der Waals surface area contributed by atoms with Gasteiger partial charge in [-0.3, -0.25) is 14.5 Å². The molecule has 0 spiro atoms. The maximum absolute atomic E-state index is 13.9. The number of carbonyl (C=O) groups is 2. The number of fused-ring (bicyclic) bond motifs is 3. The SMILES string of the molecule is Cc1ccc(C)c(N2C(=O)c3cc4sccc4n3CC2(C)C(=O)NC2CCCCCC2)c1. The molecule has 0 radical (unpaired) electrons. The first-order valence-electron chi connectivity index (χ1n) is 11.7. The highest BCUT2D eigenvalue weighted by atomic mass is 32.1. The average Bonchev–Trinajstić information content (AvgIpc) is 3.25. The van der Waals surface area contributed by atoms with Crippen molar-refractivity contribution in [3.63, 3.8) is 0 Å². The van der Waals surface area contributed by atoms with Crippen LogP contribution in [-0.4, -0.2) is 28.0 Å². The van der Waals surface area contributed by atoms with Gasteiger partial charge in [-0.25, -0.2) is 0 Å². The lowest BCUT2D eigenvalue weighted by molar-refractivity contribution is -0.127. The van der Waals surface area contributed by atoms with Crippen molar-refractivity contribution in [2.75, 3.05) is 4.90 Å². The maximum Gasteiger partial charge on any atom is 0.275 e. The normalized spacial score (nSPS) is 22.1. The van der Waals surface area contributed by atoms with Crippen LogP contribution in [-0.2, 0) is 11.3 Å². The fraction of sp³-hybridized carbons (Fsp3) is 0.462. The fourth-order valence-electron chi connectivity index (χ4n) is 5.32. The minimum atomic E-state index is -1.01. The quantitative estimate of drug-likeness (QED) is 0.531. The maximum atomic E-state index is 13.9. The summed E-state index contributed by atoms with van der Waals surface area (Å²) in [5.41, 5.74) is 3.58. The minimum absolute atomic E-state index is 0.0543. The predicted molar refractivity (Wildman–Crippen MR) is 131 cm³/mol. The van der Waals surface area contributed by atoms with Gasteiger partial charge in [0.05, 0.1) is 16.8 Å². The summed E-state index contributed by atoms with van der Waals surface area (Å²) in [6, 6.07) is 10.3. The molecule has 168 valence electrons. The Morgan fingerprint density at radius 3 is 2.59 bits per heavy atom. The molecule has 3 heterocycles. The zero-order valence-corrected chi connectivity index (χ0v) is 19.9. The molecule has 1 N–H and O–H groups in total. The van der Waals surface area contributed by atoms with Crippen LogP contribution < -0.4 is 10.2 Å². The number of nitrogens with zero attached hydrogens (tertiary/aromatic N) is 2. The second-order valence-electron chi connectivity index (χ2n) is 9.65. The van der Waals surface area contributed by atoms with Crippen molar-refractivity contribution in [2.45, 2.75) is 77.4 Å². The summed E-state index contributed by atoms with van der Waals surface area (Å²) in [5.74, 6) is -0.159. The lowest BCUT2D eigenvalue weighted by atomic mass is 9.91. The largest absolute Gasteiger partial charge is 0.351 e. The van der Waals surface area contributed by atoms with Crippen LogP contribution in [0.25, 0.3) is 10.2 Å². The number of amides is 2. The number of aromatic nitrogens is 1. The summed E-state index contributed by atoms with van der Waals surface area (Å²) in [6.07, 6.45) is 6.81. The molecule has 1 saturated carbocycles. The number of thiophene rings is 1. The molecule has 1 aromatic carbocycles. The summed E-state index contributed by atoms with van der Waals surface area (Å²) < 4.78 is 3.13. The van der Waals surface area contributed by atoms with Crippen LogP contribution >= 0.6 is 11.3 Å². The Balaban J connectivity index is 1.61. The lowest BCUT2D eigenvalue weighted by Gasteiger charge is -2.45. The molecule has 1 unspecified atom stereocenters. The molecular formula is C26H31N3O2S. The van der Waals surface area contributed by atoms with Gasteiger partial charge >= 0.3 is 0 Å². The van der Waals surface area contributed by atoms with Gasteiger partial charge in [-0.05, 0) is 68.3 Å². The van der Waals surface area contributed by atoms with E-state index in [1.807, 2.05) is 55.0 Å². The Morgan fingerprint density at radius 1 is 1.09 bits per heavy atom. The summed E-state index contributed by atoms with van der Waals surface area (Å²) >= 11 is 1.63. The molecule has 1 aliphatic heterocycles. The molecule has 32 heavy (non-hydrogen) atoms. The first-order valence-corrected chi connectivity index (χ1v) is 12.6. The van der Waals surface area contributed by atoms with E-state index < -0.39 is 5.54 Å². The van der Waals surface area contributed by atoms with E-state index in [2.05, 4.69) is 11.4 Å². The van der Waals surface area contributed by atoms with E-state index >= 15 is 0 Å². The van der Waals surface area contributed by atoms with E-state index in [4.69, 9.17) is 0 Å². The third kappa shape index (κ3) is 3.45. The van der Waals surface area contributed by atoms with Crippen LogP contribution in [0.2, 0.25) is 0 Å². The van der Waals surface area contributed by atoms with Gasteiger partial charge in [-0.2, -0.15) is 0 Å². The minimum Gasteiger partial charge on any atom is -0.351 e. The summed E-state index contributed by atoms with van der Waals surface area (Å²) in [7, 11) is 0. The molecule has 1 aliphatic carbocycles. The number of aryl methyl sites for hydroxylation is 2. The lowest BCUT2D eigenvalue weighted by Crippen LogP contribution is -2.65. The second kappa shape index (κ2) is 8.07. The molecule has 2 aromatic heterocycles. The molecule has 0 bridgehead atoms. The van der Waals surface area contributed by atoms with Crippen molar-refractivity contribution in [1.82, 2.24) is 9.88 Å². The third-order valence-corrected chi connectivity index (χ3v) is 8.04. The smallest absolute Gasteiger partial charge is 0.275 e. The van der Waals surface area contributed by atoms with Crippen molar-refractivity contribution in [3.8, 4) is 0 Å². The van der Waals surface area contributed by atoms with Gasteiger partial charge in [-0.15, -0.1) is 11.3 Å².